The van der Waals surface area contributed by atoms with Gasteiger partial charge in [-0.1, -0.05) is 27.2 Å². The van der Waals surface area contributed by atoms with Gasteiger partial charge in [0, 0.05) is 24.5 Å². The van der Waals surface area contributed by atoms with Crippen LogP contribution in [-0.2, 0) is 13.0 Å². The molecule has 0 aromatic carbocycles. The molecule has 0 bridgehead atoms. The Kier molecular flexibility index (Phi) is 6.52. The zero-order valence-corrected chi connectivity index (χ0v) is 12.1. The Morgan fingerprint density at radius 2 is 1.76 bits per heavy atom. The van der Waals surface area contributed by atoms with Gasteiger partial charge in [-0.2, -0.15) is 0 Å². The van der Waals surface area contributed by atoms with Crippen LogP contribution in [0.2, 0.25) is 0 Å². The number of aryl methyl sites for hydroxylation is 1. The monoisotopic (exact) mass is 255 g/mol. The molecule has 0 aliphatic rings. The van der Waals surface area contributed by atoms with Crippen molar-refractivity contribution in [3.05, 3.63) is 10.6 Å². The van der Waals surface area contributed by atoms with Crippen molar-refractivity contribution in [2.45, 2.75) is 53.0 Å². The van der Waals surface area contributed by atoms with Gasteiger partial charge in [0.2, 0.25) is 0 Å². The second-order valence-electron chi connectivity index (χ2n) is 4.31. The molecule has 0 fully saturated rings. The number of aromatic nitrogens is 1. The third kappa shape index (κ3) is 3.96. The highest BCUT2D eigenvalue weighted by Gasteiger charge is 2.13. The highest BCUT2D eigenvalue weighted by Crippen LogP contribution is 2.27. The molecule has 17 heavy (non-hydrogen) atoms. The minimum atomic E-state index is 0.624. The number of nitrogens with two attached hydrogens (primary N) is 1. The van der Waals surface area contributed by atoms with E-state index in [9.17, 15) is 0 Å². The van der Waals surface area contributed by atoms with Crippen LogP contribution >= 0.6 is 11.3 Å². The number of rotatable bonds is 8. The van der Waals surface area contributed by atoms with Gasteiger partial charge >= 0.3 is 0 Å². The average Bonchev–Trinajstić information content (AvgIpc) is 2.72. The Morgan fingerprint density at radius 1 is 1.12 bits per heavy atom. The van der Waals surface area contributed by atoms with Crippen molar-refractivity contribution in [2.75, 3.05) is 18.0 Å². The first-order valence-electron chi connectivity index (χ1n) is 6.70. The van der Waals surface area contributed by atoms with Gasteiger partial charge in [-0.25, -0.2) is 4.98 Å². The molecule has 4 heteroatoms. The molecule has 0 unspecified atom stereocenters. The fourth-order valence-corrected chi connectivity index (χ4v) is 2.98. The molecule has 1 heterocycles. The summed E-state index contributed by atoms with van der Waals surface area (Å²) in [5.74, 6) is 0. The summed E-state index contributed by atoms with van der Waals surface area (Å²) in [6, 6.07) is 0. The van der Waals surface area contributed by atoms with Crippen LogP contribution in [0.4, 0.5) is 5.13 Å². The lowest BCUT2D eigenvalue weighted by atomic mass is 10.2. The smallest absolute Gasteiger partial charge is 0.185 e. The second-order valence-corrected chi connectivity index (χ2v) is 5.37. The van der Waals surface area contributed by atoms with Gasteiger partial charge < -0.3 is 10.6 Å². The molecule has 0 amide bonds. The van der Waals surface area contributed by atoms with Crippen molar-refractivity contribution in [1.29, 1.82) is 0 Å². The molecule has 2 N–H and O–H groups in total. The Bertz CT molecular complexity index is 316. The first-order chi connectivity index (χ1) is 8.26. The van der Waals surface area contributed by atoms with Crippen LogP contribution in [0, 0.1) is 0 Å². The van der Waals surface area contributed by atoms with E-state index in [1.54, 1.807) is 11.3 Å². The highest BCUT2D eigenvalue weighted by atomic mass is 32.1. The van der Waals surface area contributed by atoms with E-state index in [0.29, 0.717) is 6.54 Å². The van der Waals surface area contributed by atoms with Gasteiger partial charge in [0.05, 0.1) is 5.69 Å². The normalized spacial score (nSPS) is 10.8. The first-order valence-corrected chi connectivity index (χ1v) is 7.51. The SMILES string of the molecule is CCCc1nc(N(CCC)CCC)sc1CN. The van der Waals surface area contributed by atoms with E-state index in [1.807, 2.05) is 0 Å². The van der Waals surface area contributed by atoms with E-state index in [1.165, 1.54) is 23.4 Å². The Morgan fingerprint density at radius 3 is 2.24 bits per heavy atom. The van der Waals surface area contributed by atoms with Crippen molar-refractivity contribution in [3.63, 3.8) is 0 Å². The van der Waals surface area contributed by atoms with Crippen LogP contribution in [0.25, 0.3) is 0 Å². The molecule has 98 valence electrons. The molecule has 1 aromatic rings. The Labute approximate surface area is 109 Å². The standard InChI is InChI=1S/C13H25N3S/c1-4-7-11-12(10-14)17-13(15-11)16(8-5-2)9-6-3/h4-10,14H2,1-3H3. The van der Waals surface area contributed by atoms with E-state index in [4.69, 9.17) is 10.7 Å². The number of thiazole rings is 1. The van der Waals surface area contributed by atoms with Gasteiger partial charge in [-0.15, -0.1) is 11.3 Å². The number of anilines is 1. The molecule has 0 radical (unpaired) electrons. The fraction of sp³-hybridized carbons (Fsp3) is 0.769. The lowest BCUT2D eigenvalue weighted by molar-refractivity contribution is 0.738. The highest BCUT2D eigenvalue weighted by molar-refractivity contribution is 7.15. The second kappa shape index (κ2) is 7.67. The van der Waals surface area contributed by atoms with Gasteiger partial charge in [-0.3, -0.25) is 0 Å². The molecule has 0 saturated carbocycles. The summed E-state index contributed by atoms with van der Waals surface area (Å²) in [6.07, 6.45) is 4.52. The first kappa shape index (κ1) is 14.5. The molecule has 1 aromatic heterocycles. The van der Waals surface area contributed by atoms with Crippen LogP contribution in [0.3, 0.4) is 0 Å². The summed E-state index contributed by atoms with van der Waals surface area (Å²) < 4.78 is 0. The zero-order valence-electron chi connectivity index (χ0n) is 11.3. The Hall–Kier alpha value is -0.610. The lowest BCUT2D eigenvalue weighted by Gasteiger charge is -2.19. The van der Waals surface area contributed by atoms with E-state index in [-0.39, 0.29) is 0 Å². The average molecular weight is 255 g/mol. The van der Waals surface area contributed by atoms with Crippen molar-refractivity contribution in [3.8, 4) is 0 Å². The molecule has 0 saturated heterocycles. The molecule has 3 nitrogen and oxygen atoms in total. The summed E-state index contributed by atoms with van der Waals surface area (Å²) in [5, 5.41) is 1.16. The van der Waals surface area contributed by atoms with E-state index in [0.717, 1.165) is 31.1 Å². The Balaban J connectivity index is 2.86. The quantitative estimate of drug-likeness (QED) is 0.776. The maximum absolute atomic E-state index is 5.79. The molecule has 0 spiro atoms. The minimum Gasteiger partial charge on any atom is -0.348 e. The van der Waals surface area contributed by atoms with Crippen LogP contribution in [-0.4, -0.2) is 18.1 Å². The summed E-state index contributed by atoms with van der Waals surface area (Å²) >= 11 is 1.78. The molecular formula is C13H25N3S. The number of hydrogen-bond acceptors (Lipinski definition) is 4. The van der Waals surface area contributed by atoms with E-state index < -0.39 is 0 Å². The number of hydrogen-bond donors (Lipinski definition) is 1. The molecule has 0 atom stereocenters. The van der Waals surface area contributed by atoms with Crippen LogP contribution in [0.1, 0.15) is 50.6 Å². The molecule has 1 rings (SSSR count). The van der Waals surface area contributed by atoms with Gasteiger partial charge in [0.25, 0.3) is 0 Å². The van der Waals surface area contributed by atoms with Gasteiger partial charge in [0.15, 0.2) is 5.13 Å². The van der Waals surface area contributed by atoms with Crippen molar-refractivity contribution >= 4 is 16.5 Å². The largest absolute Gasteiger partial charge is 0.348 e. The van der Waals surface area contributed by atoms with E-state index in [2.05, 4.69) is 25.7 Å². The summed E-state index contributed by atoms with van der Waals surface area (Å²) in [4.78, 5) is 8.43. The third-order valence-electron chi connectivity index (χ3n) is 2.70. The maximum Gasteiger partial charge on any atom is 0.185 e. The molecule has 0 aliphatic heterocycles. The topological polar surface area (TPSA) is 42.2 Å². The molecule has 0 aliphatic carbocycles. The maximum atomic E-state index is 5.79. The van der Waals surface area contributed by atoms with Crippen LogP contribution in [0.15, 0.2) is 0 Å². The summed E-state index contributed by atoms with van der Waals surface area (Å²) in [7, 11) is 0. The predicted molar refractivity (Wildman–Crippen MR) is 76.8 cm³/mol. The zero-order chi connectivity index (χ0) is 12.7. The van der Waals surface area contributed by atoms with E-state index >= 15 is 0 Å². The minimum absolute atomic E-state index is 0.624. The summed E-state index contributed by atoms with van der Waals surface area (Å²) in [6.45, 7) is 9.43. The number of nitrogens with zero attached hydrogens (tertiary/aromatic N) is 2. The van der Waals surface area contributed by atoms with Crippen LogP contribution in [0.5, 0.6) is 0 Å². The van der Waals surface area contributed by atoms with Crippen LogP contribution < -0.4 is 10.6 Å². The lowest BCUT2D eigenvalue weighted by Crippen LogP contribution is -2.24. The van der Waals surface area contributed by atoms with Crippen molar-refractivity contribution < 1.29 is 0 Å². The van der Waals surface area contributed by atoms with Gasteiger partial charge in [-0.05, 0) is 19.3 Å². The summed E-state index contributed by atoms with van der Waals surface area (Å²) in [5.41, 5.74) is 7.01. The predicted octanol–water partition coefficient (Wildman–Crippen LogP) is 3.18. The van der Waals surface area contributed by atoms with Gasteiger partial charge in [0.1, 0.15) is 0 Å². The van der Waals surface area contributed by atoms with Crippen molar-refractivity contribution in [1.82, 2.24) is 4.98 Å². The van der Waals surface area contributed by atoms with Crippen molar-refractivity contribution in [2.24, 2.45) is 5.73 Å². The molecular weight excluding hydrogens is 230 g/mol. The third-order valence-corrected chi connectivity index (χ3v) is 3.88. The fourth-order valence-electron chi connectivity index (χ4n) is 1.94.